The van der Waals surface area contributed by atoms with Crippen molar-refractivity contribution < 1.29 is 14.3 Å². The van der Waals surface area contributed by atoms with Gasteiger partial charge in [-0.05, 0) is 12.1 Å². The van der Waals surface area contributed by atoms with E-state index in [-0.39, 0.29) is 24.9 Å². The van der Waals surface area contributed by atoms with Gasteiger partial charge in [-0.1, -0.05) is 23.7 Å². The van der Waals surface area contributed by atoms with Crippen LogP contribution in [0.4, 0.5) is 0 Å². The van der Waals surface area contributed by atoms with E-state index in [0.29, 0.717) is 30.5 Å². The zero-order valence-electron chi connectivity index (χ0n) is 11.4. The van der Waals surface area contributed by atoms with Crippen molar-refractivity contribution in [2.45, 2.75) is 0 Å². The topological polar surface area (TPSA) is 59.6 Å². The van der Waals surface area contributed by atoms with E-state index >= 15 is 0 Å². The molecule has 0 bridgehead atoms. The van der Waals surface area contributed by atoms with Crippen LogP contribution in [-0.2, 0) is 9.53 Å². The number of hydrogen-bond donors (Lipinski definition) is 2. The Hall–Kier alpha value is -1.01. The molecule has 0 heterocycles. The van der Waals surface area contributed by atoms with Gasteiger partial charge in [-0.3, -0.25) is 4.79 Å². The Kier molecular flexibility index (Phi) is 11.2. The zero-order chi connectivity index (χ0) is 13.9. The summed E-state index contributed by atoms with van der Waals surface area (Å²) in [4.78, 5) is 11.5. The summed E-state index contributed by atoms with van der Waals surface area (Å²) in [6.07, 6.45) is 0. The lowest BCUT2D eigenvalue weighted by atomic mass is 10.3. The first-order valence-corrected chi connectivity index (χ1v) is 6.45. The van der Waals surface area contributed by atoms with Crippen molar-refractivity contribution in [1.82, 2.24) is 10.6 Å². The molecule has 0 saturated carbocycles. The molecule has 1 aromatic rings. The van der Waals surface area contributed by atoms with Crippen LogP contribution in [0.2, 0.25) is 5.02 Å². The number of ether oxygens (including phenoxy) is 2. The summed E-state index contributed by atoms with van der Waals surface area (Å²) in [5, 5.41) is 6.36. The Morgan fingerprint density at radius 2 is 2.00 bits per heavy atom. The number of carbonyl (C=O) groups is 1. The number of amides is 1. The van der Waals surface area contributed by atoms with Gasteiger partial charge in [0.05, 0.1) is 11.6 Å². The molecule has 20 heavy (non-hydrogen) atoms. The number of methoxy groups -OCH3 is 1. The Labute approximate surface area is 130 Å². The van der Waals surface area contributed by atoms with E-state index in [1.807, 2.05) is 0 Å². The Bertz CT molecular complexity index is 392. The molecule has 0 fully saturated rings. The maximum absolute atomic E-state index is 11.5. The van der Waals surface area contributed by atoms with Crippen molar-refractivity contribution in [3.63, 3.8) is 0 Å². The molecule has 0 spiro atoms. The maximum Gasteiger partial charge on any atom is 0.257 e. The van der Waals surface area contributed by atoms with E-state index in [1.165, 1.54) is 0 Å². The van der Waals surface area contributed by atoms with Crippen LogP contribution < -0.4 is 15.4 Å². The van der Waals surface area contributed by atoms with Crippen LogP contribution in [0.5, 0.6) is 5.75 Å². The van der Waals surface area contributed by atoms with Crippen LogP contribution in [0.25, 0.3) is 0 Å². The number of nitrogens with one attached hydrogen (secondary N) is 2. The molecule has 0 atom stereocenters. The molecule has 0 aliphatic heterocycles. The van der Waals surface area contributed by atoms with E-state index in [9.17, 15) is 4.79 Å². The van der Waals surface area contributed by atoms with E-state index in [4.69, 9.17) is 21.1 Å². The summed E-state index contributed by atoms with van der Waals surface area (Å²) in [7, 11) is 1.65. The summed E-state index contributed by atoms with van der Waals surface area (Å²) in [6.45, 7) is 2.63. The first-order valence-electron chi connectivity index (χ1n) is 6.07. The molecule has 1 amide bonds. The van der Waals surface area contributed by atoms with Gasteiger partial charge in [0.2, 0.25) is 0 Å². The molecular weight excluding hydrogens is 303 g/mol. The van der Waals surface area contributed by atoms with Gasteiger partial charge in [-0.2, -0.15) is 0 Å². The Morgan fingerprint density at radius 1 is 1.25 bits per heavy atom. The van der Waals surface area contributed by atoms with Crippen molar-refractivity contribution in [2.75, 3.05) is 40.0 Å². The average molecular weight is 323 g/mol. The third-order valence-corrected chi connectivity index (χ3v) is 2.61. The van der Waals surface area contributed by atoms with Gasteiger partial charge in [-0.15, -0.1) is 12.4 Å². The fourth-order valence-corrected chi connectivity index (χ4v) is 1.54. The molecule has 0 aliphatic rings. The predicted octanol–water partition coefficient (Wildman–Crippen LogP) is 1.49. The third kappa shape index (κ3) is 8.22. The standard InChI is InChI=1S/C13H19ClN2O3.ClH/c1-18-9-8-15-6-7-16-13(17)10-19-12-5-3-2-4-11(12)14;/h2-5,15H,6-10H2,1H3,(H,16,17);1H. The van der Waals surface area contributed by atoms with Gasteiger partial charge in [0.15, 0.2) is 6.61 Å². The predicted molar refractivity (Wildman–Crippen MR) is 82.0 cm³/mol. The monoisotopic (exact) mass is 322 g/mol. The van der Waals surface area contributed by atoms with Gasteiger partial charge in [0, 0.05) is 26.7 Å². The summed E-state index contributed by atoms with van der Waals surface area (Å²) in [5.41, 5.74) is 0. The number of para-hydroxylation sites is 1. The first kappa shape index (κ1) is 19.0. The lowest BCUT2D eigenvalue weighted by Crippen LogP contribution is -2.35. The second-order valence-corrected chi connectivity index (χ2v) is 4.22. The lowest BCUT2D eigenvalue weighted by Gasteiger charge is -2.09. The zero-order valence-corrected chi connectivity index (χ0v) is 12.9. The van der Waals surface area contributed by atoms with Crippen molar-refractivity contribution in [3.8, 4) is 5.75 Å². The summed E-state index contributed by atoms with van der Waals surface area (Å²) in [6, 6.07) is 7.05. The molecule has 0 saturated heterocycles. The molecule has 0 aliphatic carbocycles. The minimum absolute atomic E-state index is 0. The van der Waals surface area contributed by atoms with E-state index in [1.54, 1.807) is 31.4 Å². The second kappa shape index (κ2) is 11.8. The maximum atomic E-state index is 11.5. The number of carbonyl (C=O) groups excluding carboxylic acids is 1. The summed E-state index contributed by atoms with van der Waals surface area (Å²) >= 11 is 5.90. The molecule has 0 radical (unpaired) electrons. The highest BCUT2D eigenvalue weighted by Gasteiger charge is 2.04. The molecule has 1 aromatic carbocycles. The fraction of sp³-hybridized carbons (Fsp3) is 0.462. The minimum Gasteiger partial charge on any atom is -0.482 e. The first-order chi connectivity index (χ1) is 9.24. The lowest BCUT2D eigenvalue weighted by molar-refractivity contribution is -0.123. The van der Waals surface area contributed by atoms with Gasteiger partial charge in [-0.25, -0.2) is 0 Å². The van der Waals surface area contributed by atoms with Crippen LogP contribution in [0.15, 0.2) is 24.3 Å². The van der Waals surface area contributed by atoms with E-state index < -0.39 is 0 Å². The number of benzene rings is 1. The highest BCUT2D eigenvalue weighted by molar-refractivity contribution is 6.32. The minimum atomic E-state index is -0.173. The van der Waals surface area contributed by atoms with Crippen molar-refractivity contribution >= 4 is 29.9 Å². The molecule has 0 aromatic heterocycles. The van der Waals surface area contributed by atoms with E-state index in [0.717, 1.165) is 6.54 Å². The molecule has 7 heteroatoms. The van der Waals surface area contributed by atoms with Gasteiger partial charge in [0.25, 0.3) is 5.91 Å². The van der Waals surface area contributed by atoms with E-state index in [2.05, 4.69) is 10.6 Å². The van der Waals surface area contributed by atoms with Crippen LogP contribution in [0.3, 0.4) is 0 Å². The van der Waals surface area contributed by atoms with Crippen LogP contribution in [0.1, 0.15) is 0 Å². The third-order valence-electron chi connectivity index (χ3n) is 2.30. The molecule has 1 rings (SSSR count). The molecule has 0 unspecified atom stereocenters. The molecule has 5 nitrogen and oxygen atoms in total. The molecule has 114 valence electrons. The van der Waals surface area contributed by atoms with Gasteiger partial charge < -0.3 is 20.1 Å². The number of rotatable bonds is 9. The number of halogens is 2. The molecular formula is C13H20Cl2N2O3. The van der Waals surface area contributed by atoms with Crippen molar-refractivity contribution in [1.29, 1.82) is 0 Å². The van der Waals surface area contributed by atoms with Gasteiger partial charge in [0.1, 0.15) is 5.75 Å². The average Bonchev–Trinajstić information content (AvgIpc) is 2.42. The number of hydrogen-bond acceptors (Lipinski definition) is 4. The smallest absolute Gasteiger partial charge is 0.257 e. The van der Waals surface area contributed by atoms with Gasteiger partial charge >= 0.3 is 0 Å². The quantitative estimate of drug-likeness (QED) is 0.676. The SMILES string of the molecule is COCCNCCNC(=O)COc1ccccc1Cl.Cl. The normalized spacial score (nSPS) is 9.70. The largest absolute Gasteiger partial charge is 0.482 e. The Balaban J connectivity index is 0.00000361. The van der Waals surface area contributed by atoms with Crippen molar-refractivity contribution in [3.05, 3.63) is 29.3 Å². The summed E-state index contributed by atoms with van der Waals surface area (Å²) in [5.74, 6) is 0.339. The summed E-state index contributed by atoms with van der Waals surface area (Å²) < 4.78 is 10.2. The highest BCUT2D eigenvalue weighted by Crippen LogP contribution is 2.22. The fourth-order valence-electron chi connectivity index (χ4n) is 1.35. The second-order valence-electron chi connectivity index (χ2n) is 3.81. The van der Waals surface area contributed by atoms with Crippen LogP contribution >= 0.6 is 24.0 Å². The van der Waals surface area contributed by atoms with Crippen LogP contribution in [-0.4, -0.2) is 45.9 Å². The van der Waals surface area contributed by atoms with Crippen molar-refractivity contribution in [2.24, 2.45) is 0 Å². The highest BCUT2D eigenvalue weighted by atomic mass is 35.5. The molecule has 2 N–H and O–H groups in total. The van der Waals surface area contributed by atoms with Crippen LogP contribution in [0, 0.1) is 0 Å². The Morgan fingerprint density at radius 3 is 2.70 bits per heavy atom.